The van der Waals surface area contributed by atoms with Crippen LogP contribution in [0.25, 0.3) is 11.6 Å². The summed E-state index contributed by atoms with van der Waals surface area (Å²) in [4.78, 5) is 21.0. The largest absolute Gasteiger partial charge is 0.304 e. The Bertz CT molecular complexity index is 418. The van der Waals surface area contributed by atoms with E-state index < -0.39 is 0 Å². The Hall–Kier alpha value is -1.98. The molecule has 2 aromatic heterocycles. The molecular formula is C6H5N5O. The number of hydrogen-bond acceptors (Lipinski definition) is 4. The van der Waals surface area contributed by atoms with Crippen molar-refractivity contribution in [1.82, 2.24) is 25.1 Å². The fourth-order valence-electron chi connectivity index (χ4n) is 0.807. The Morgan fingerprint density at radius 3 is 2.92 bits per heavy atom. The van der Waals surface area contributed by atoms with Gasteiger partial charge in [0.2, 0.25) is 5.82 Å². The summed E-state index contributed by atoms with van der Waals surface area (Å²) in [5, 5.41) is 6.28. The van der Waals surface area contributed by atoms with Gasteiger partial charge in [0.1, 0.15) is 6.33 Å². The van der Waals surface area contributed by atoms with Crippen LogP contribution in [0.15, 0.2) is 23.4 Å². The van der Waals surface area contributed by atoms with Crippen LogP contribution in [0.5, 0.6) is 0 Å². The molecular weight excluding hydrogens is 158 g/mol. The molecule has 0 radical (unpaired) electrons. The molecule has 0 amide bonds. The molecule has 0 aliphatic carbocycles. The molecule has 0 atom stereocenters. The van der Waals surface area contributed by atoms with Crippen molar-refractivity contribution in [3.05, 3.63) is 28.9 Å². The fraction of sp³-hybridized carbons (Fsp3) is 0. The van der Waals surface area contributed by atoms with Crippen LogP contribution in [0.4, 0.5) is 0 Å². The molecule has 0 fully saturated rings. The predicted octanol–water partition coefficient (Wildman–Crippen LogP) is -0.445. The van der Waals surface area contributed by atoms with E-state index in [0.29, 0.717) is 11.6 Å². The van der Waals surface area contributed by atoms with E-state index in [9.17, 15) is 4.79 Å². The Balaban J connectivity index is 2.55. The second-order valence-corrected chi connectivity index (χ2v) is 2.11. The van der Waals surface area contributed by atoms with E-state index in [-0.39, 0.29) is 5.56 Å². The molecule has 6 heteroatoms. The summed E-state index contributed by atoms with van der Waals surface area (Å²) in [5.74, 6) is 0.747. The molecule has 0 bridgehead atoms. The van der Waals surface area contributed by atoms with Gasteiger partial charge >= 0.3 is 0 Å². The van der Waals surface area contributed by atoms with Crippen molar-refractivity contribution in [3.8, 4) is 11.6 Å². The molecule has 0 aliphatic heterocycles. The fourth-order valence-corrected chi connectivity index (χ4v) is 0.807. The van der Waals surface area contributed by atoms with Crippen molar-refractivity contribution in [3.63, 3.8) is 0 Å². The van der Waals surface area contributed by atoms with E-state index in [1.165, 1.54) is 18.6 Å². The minimum Gasteiger partial charge on any atom is -0.304 e. The molecule has 2 aromatic rings. The smallest absolute Gasteiger partial charge is 0.251 e. The summed E-state index contributed by atoms with van der Waals surface area (Å²) in [5.41, 5.74) is -0.218. The van der Waals surface area contributed by atoms with Gasteiger partial charge in [-0.15, -0.1) is 0 Å². The van der Waals surface area contributed by atoms with E-state index in [2.05, 4.69) is 25.1 Å². The van der Waals surface area contributed by atoms with E-state index in [0.717, 1.165) is 0 Å². The van der Waals surface area contributed by atoms with E-state index >= 15 is 0 Å². The van der Waals surface area contributed by atoms with Gasteiger partial charge in [-0.1, -0.05) is 0 Å². The van der Waals surface area contributed by atoms with Crippen LogP contribution in [0.2, 0.25) is 0 Å². The maximum Gasteiger partial charge on any atom is 0.251 e. The Morgan fingerprint density at radius 2 is 2.25 bits per heavy atom. The lowest BCUT2D eigenvalue weighted by Gasteiger charge is -1.90. The van der Waals surface area contributed by atoms with Crippen LogP contribution >= 0.6 is 0 Å². The zero-order valence-corrected chi connectivity index (χ0v) is 5.98. The van der Waals surface area contributed by atoms with E-state index in [1.807, 2.05) is 0 Å². The van der Waals surface area contributed by atoms with Gasteiger partial charge in [-0.05, 0) is 0 Å². The van der Waals surface area contributed by atoms with Gasteiger partial charge in [0, 0.05) is 12.3 Å². The van der Waals surface area contributed by atoms with Crippen LogP contribution in [-0.4, -0.2) is 25.1 Å². The highest BCUT2D eigenvalue weighted by atomic mass is 16.1. The molecule has 0 saturated carbocycles. The zero-order chi connectivity index (χ0) is 8.39. The standard InChI is InChI=1S/C6H5N5O/c12-4-1-2-7-5(10-4)6-8-3-9-11-6/h1-3H,(H,7,10,12)(H,8,9,11). The number of aromatic amines is 2. The monoisotopic (exact) mass is 163 g/mol. The molecule has 2 N–H and O–H groups in total. The molecule has 60 valence electrons. The van der Waals surface area contributed by atoms with Crippen molar-refractivity contribution in [2.24, 2.45) is 0 Å². The summed E-state index contributed by atoms with van der Waals surface area (Å²) in [6.45, 7) is 0. The number of rotatable bonds is 1. The van der Waals surface area contributed by atoms with Crippen LogP contribution in [0, 0.1) is 0 Å². The lowest BCUT2D eigenvalue weighted by molar-refractivity contribution is 1.05. The van der Waals surface area contributed by atoms with Crippen molar-refractivity contribution >= 4 is 0 Å². The molecule has 2 rings (SSSR count). The third-order valence-electron chi connectivity index (χ3n) is 1.30. The SMILES string of the molecule is O=c1ccnc(-c2nc[nH]n2)[nH]1. The summed E-state index contributed by atoms with van der Waals surface area (Å²) >= 11 is 0. The van der Waals surface area contributed by atoms with E-state index in [1.54, 1.807) is 0 Å². The minimum absolute atomic E-state index is 0.218. The third kappa shape index (κ3) is 1.09. The maximum absolute atomic E-state index is 10.8. The van der Waals surface area contributed by atoms with Crippen LogP contribution in [-0.2, 0) is 0 Å². The molecule has 0 saturated heterocycles. The Morgan fingerprint density at radius 1 is 1.33 bits per heavy atom. The highest BCUT2D eigenvalue weighted by Gasteiger charge is 2.01. The second-order valence-electron chi connectivity index (χ2n) is 2.11. The third-order valence-corrected chi connectivity index (χ3v) is 1.30. The summed E-state index contributed by atoms with van der Waals surface area (Å²) in [6.07, 6.45) is 2.83. The first-order chi connectivity index (χ1) is 5.86. The second kappa shape index (κ2) is 2.57. The Labute approximate surface area is 66.7 Å². The number of nitrogens with one attached hydrogen (secondary N) is 2. The topological polar surface area (TPSA) is 87.3 Å². The summed E-state index contributed by atoms with van der Waals surface area (Å²) in [7, 11) is 0. The quantitative estimate of drug-likeness (QED) is 0.596. The average molecular weight is 163 g/mol. The maximum atomic E-state index is 10.8. The molecule has 0 unspecified atom stereocenters. The van der Waals surface area contributed by atoms with Crippen LogP contribution in [0.1, 0.15) is 0 Å². The van der Waals surface area contributed by atoms with Crippen molar-refractivity contribution in [1.29, 1.82) is 0 Å². The summed E-state index contributed by atoms with van der Waals surface area (Å²) in [6, 6.07) is 1.33. The van der Waals surface area contributed by atoms with Gasteiger partial charge in [-0.25, -0.2) is 9.97 Å². The van der Waals surface area contributed by atoms with Crippen molar-refractivity contribution in [2.75, 3.05) is 0 Å². The van der Waals surface area contributed by atoms with E-state index in [4.69, 9.17) is 0 Å². The first-order valence-electron chi connectivity index (χ1n) is 3.28. The number of hydrogen-bond donors (Lipinski definition) is 2. The lowest BCUT2D eigenvalue weighted by Crippen LogP contribution is -2.06. The first kappa shape index (κ1) is 6.71. The normalized spacial score (nSPS) is 10.0. The van der Waals surface area contributed by atoms with Gasteiger partial charge in [-0.3, -0.25) is 9.89 Å². The molecule has 6 nitrogen and oxygen atoms in total. The lowest BCUT2D eigenvalue weighted by atomic mass is 10.5. The van der Waals surface area contributed by atoms with Gasteiger partial charge in [0.25, 0.3) is 5.56 Å². The van der Waals surface area contributed by atoms with Gasteiger partial charge in [0.15, 0.2) is 5.82 Å². The average Bonchev–Trinajstić information content (AvgIpc) is 2.56. The number of nitrogens with zero attached hydrogens (tertiary/aromatic N) is 3. The van der Waals surface area contributed by atoms with Gasteiger partial charge < -0.3 is 4.98 Å². The van der Waals surface area contributed by atoms with Gasteiger partial charge in [-0.2, -0.15) is 5.10 Å². The minimum atomic E-state index is -0.218. The molecule has 0 spiro atoms. The van der Waals surface area contributed by atoms with Gasteiger partial charge in [0.05, 0.1) is 0 Å². The molecule has 12 heavy (non-hydrogen) atoms. The van der Waals surface area contributed by atoms with Crippen LogP contribution in [0.3, 0.4) is 0 Å². The van der Waals surface area contributed by atoms with Crippen LogP contribution < -0.4 is 5.56 Å². The summed E-state index contributed by atoms with van der Waals surface area (Å²) < 4.78 is 0. The predicted molar refractivity (Wildman–Crippen MR) is 40.2 cm³/mol. The van der Waals surface area contributed by atoms with Crippen molar-refractivity contribution < 1.29 is 0 Å². The highest BCUT2D eigenvalue weighted by Crippen LogP contribution is 2.01. The molecule has 0 aliphatic rings. The zero-order valence-electron chi connectivity index (χ0n) is 5.98. The molecule has 2 heterocycles. The number of aromatic nitrogens is 5. The number of H-pyrrole nitrogens is 2. The Kier molecular flexibility index (Phi) is 1.44. The highest BCUT2D eigenvalue weighted by molar-refractivity contribution is 5.39. The first-order valence-corrected chi connectivity index (χ1v) is 3.28. The molecule has 0 aromatic carbocycles. The van der Waals surface area contributed by atoms with Crippen molar-refractivity contribution in [2.45, 2.75) is 0 Å².